The van der Waals surface area contributed by atoms with Crippen molar-refractivity contribution in [2.45, 2.75) is 9.79 Å². The van der Waals surface area contributed by atoms with Gasteiger partial charge in [0, 0.05) is 0 Å². The summed E-state index contributed by atoms with van der Waals surface area (Å²) in [6, 6.07) is 7.69. The number of carboxylic acid groups (broad SMARTS) is 2. The number of hydrogen-bond acceptors (Lipinski definition) is 14. The molecular formula is C23H12N4Na4O12S2. The predicted molar refractivity (Wildman–Crippen MR) is 129 cm³/mol. The maximum Gasteiger partial charge on any atom is 1.00 e. The van der Waals surface area contributed by atoms with Crippen molar-refractivity contribution in [3.8, 4) is 0 Å². The Morgan fingerprint density at radius 3 is 1.56 bits per heavy atom. The molecule has 2 amide bonds. The zero-order valence-corrected chi connectivity index (χ0v) is 33.6. The van der Waals surface area contributed by atoms with Gasteiger partial charge < -0.3 is 28.9 Å². The zero-order chi connectivity index (χ0) is 30.3. The van der Waals surface area contributed by atoms with E-state index in [9.17, 15) is 55.3 Å². The number of hydrogen-bond donors (Lipinski definition) is 0. The summed E-state index contributed by atoms with van der Waals surface area (Å²) in [5.74, 6) is -7.27. The van der Waals surface area contributed by atoms with Crippen LogP contribution in [0.4, 0.5) is 11.4 Å². The third kappa shape index (κ3) is 9.99. The minimum atomic E-state index is -4.79. The summed E-state index contributed by atoms with van der Waals surface area (Å²) < 4.78 is 66.7. The van der Waals surface area contributed by atoms with Crippen molar-refractivity contribution in [3.63, 3.8) is 0 Å². The average molecular weight is 692 g/mol. The molecule has 45 heavy (non-hydrogen) atoms. The molecule has 212 valence electrons. The Balaban J connectivity index is 0.00000484. The maximum absolute atomic E-state index is 12.9. The number of aliphatic carboxylic acids is 2. The number of rotatable bonds is 8. The van der Waals surface area contributed by atoms with E-state index < -0.39 is 76.7 Å². The van der Waals surface area contributed by atoms with Crippen molar-refractivity contribution in [1.29, 1.82) is 0 Å². The van der Waals surface area contributed by atoms with E-state index in [0.29, 0.717) is 10.0 Å². The van der Waals surface area contributed by atoms with Gasteiger partial charge in [0.25, 0.3) is 11.8 Å². The van der Waals surface area contributed by atoms with E-state index in [1.54, 1.807) is 0 Å². The topological polar surface area (TPSA) is 260 Å². The zero-order valence-electron chi connectivity index (χ0n) is 23.9. The molecule has 0 aromatic heterocycles. The van der Waals surface area contributed by atoms with Gasteiger partial charge in [0.1, 0.15) is 37.6 Å². The van der Waals surface area contributed by atoms with Crippen LogP contribution in [0.15, 0.2) is 92.3 Å². The fourth-order valence-corrected chi connectivity index (χ4v) is 4.59. The number of amides is 2. The van der Waals surface area contributed by atoms with Crippen LogP contribution in [0.25, 0.3) is 0 Å². The number of carboxylic acids is 2. The molecule has 0 saturated heterocycles. The molecule has 16 nitrogen and oxygen atoms in total. The number of hydrazone groups is 2. The number of benzene rings is 2. The molecule has 0 N–H and O–H groups in total. The number of allylic oxidation sites excluding steroid dienone is 2. The van der Waals surface area contributed by atoms with Crippen LogP contribution in [0, 0.1) is 5.92 Å². The number of nitrogens with zero attached hydrogens (tertiary/aromatic N) is 4. The summed E-state index contributed by atoms with van der Waals surface area (Å²) in [6.45, 7) is 0. The van der Waals surface area contributed by atoms with Gasteiger partial charge in [0.05, 0.1) is 38.7 Å². The Bertz CT molecular complexity index is 1840. The Morgan fingerprint density at radius 1 is 0.711 bits per heavy atom. The first-order chi connectivity index (χ1) is 19.1. The maximum atomic E-state index is 12.9. The van der Waals surface area contributed by atoms with Crippen LogP contribution >= 0.6 is 0 Å². The van der Waals surface area contributed by atoms with Crippen LogP contribution in [-0.2, 0) is 39.4 Å². The first-order valence-corrected chi connectivity index (χ1v) is 13.7. The van der Waals surface area contributed by atoms with Crippen molar-refractivity contribution < 1.29 is 174 Å². The molecule has 4 rings (SSSR count). The molecule has 0 saturated carbocycles. The minimum absolute atomic E-state index is 0. The largest absolute Gasteiger partial charge is 1.00 e. The van der Waals surface area contributed by atoms with Gasteiger partial charge in [0.2, 0.25) is 0 Å². The molecular weight excluding hydrogens is 680 g/mol. The molecule has 2 aromatic rings. The standard InChI is InChI=1S/C23H16N4O12S2.4Na/c28-20-16(18(22(30)31)24-26(20)12-4-8-14(9-5-12)40(34,35)36)2-1-3-17-19(23(32)33)25-27(21(17)29)13-6-10-15(11-7-13)41(37,38)39;;;;/h1-11,16H,(H,30,31)(H,32,33)(H,34,35,36)(H,37,38,39);;;;/q;4*+1/p-4/b2-1+,17-3-;;;;. The van der Waals surface area contributed by atoms with Crippen molar-refractivity contribution in [3.05, 3.63) is 72.3 Å². The van der Waals surface area contributed by atoms with Gasteiger partial charge >= 0.3 is 118 Å². The molecule has 0 radical (unpaired) electrons. The Morgan fingerprint density at radius 2 is 1.16 bits per heavy atom. The molecule has 2 heterocycles. The van der Waals surface area contributed by atoms with Crippen molar-refractivity contribution in [1.82, 2.24) is 0 Å². The average Bonchev–Trinajstić information content (AvgIpc) is 3.40. The summed E-state index contributed by atoms with van der Waals surface area (Å²) in [5.41, 5.74) is -2.35. The van der Waals surface area contributed by atoms with Crippen LogP contribution in [0.3, 0.4) is 0 Å². The van der Waals surface area contributed by atoms with Crippen molar-refractivity contribution in [2.24, 2.45) is 16.1 Å². The molecule has 2 aliphatic rings. The third-order valence-corrected chi connectivity index (χ3v) is 7.26. The summed E-state index contributed by atoms with van der Waals surface area (Å²) in [5, 5.41) is 31.7. The summed E-state index contributed by atoms with van der Waals surface area (Å²) in [4.78, 5) is 47.8. The third-order valence-electron chi connectivity index (χ3n) is 5.56. The van der Waals surface area contributed by atoms with E-state index in [2.05, 4.69) is 10.2 Å². The molecule has 2 aromatic carbocycles. The molecule has 0 bridgehead atoms. The quantitative estimate of drug-likeness (QED) is 0.142. The van der Waals surface area contributed by atoms with E-state index in [1.807, 2.05) is 0 Å². The molecule has 0 fully saturated rings. The molecule has 0 spiro atoms. The second-order valence-electron chi connectivity index (χ2n) is 8.11. The van der Waals surface area contributed by atoms with Gasteiger partial charge in [-0.1, -0.05) is 12.2 Å². The fourth-order valence-electron chi connectivity index (χ4n) is 3.66. The van der Waals surface area contributed by atoms with Gasteiger partial charge in [-0.15, -0.1) is 0 Å². The molecule has 0 aliphatic carbocycles. The molecule has 1 unspecified atom stereocenters. The van der Waals surface area contributed by atoms with E-state index in [4.69, 9.17) is 0 Å². The van der Waals surface area contributed by atoms with Crippen LogP contribution in [0.5, 0.6) is 0 Å². The van der Waals surface area contributed by atoms with Crippen molar-refractivity contribution in [2.75, 3.05) is 10.0 Å². The summed E-state index contributed by atoms with van der Waals surface area (Å²) >= 11 is 0. The first kappa shape index (κ1) is 44.0. The van der Waals surface area contributed by atoms with Gasteiger partial charge in [-0.05, 0) is 54.6 Å². The van der Waals surface area contributed by atoms with Crippen molar-refractivity contribution >= 4 is 66.8 Å². The van der Waals surface area contributed by atoms with E-state index in [-0.39, 0.29) is 130 Å². The van der Waals surface area contributed by atoms with Crippen LogP contribution in [0.2, 0.25) is 0 Å². The van der Waals surface area contributed by atoms with Gasteiger partial charge in [-0.25, -0.2) is 16.8 Å². The van der Waals surface area contributed by atoms with Gasteiger partial charge in [0.15, 0.2) is 0 Å². The van der Waals surface area contributed by atoms with E-state index in [1.165, 1.54) is 0 Å². The van der Waals surface area contributed by atoms with E-state index in [0.717, 1.165) is 66.8 Å². The second kappa shape index (κ2) is 17.4. The summed E-state index contributed by atoms with van der Waals surface area (Å²) in [7, 11) is -9.59. The van der Waals surface area contributed by atoms with Crippen LogP contribution < -0.4 is 138 Å². The van der Waals surface area contributed by atoms with E-state index >= 15 is 0 Å². The number of anilines is 2. The van der Waals surface area contributed by atoms with Crippen LogP contribution in [-0.4, -0.2) is 61.1 Å². The van der Waals surface area contributed by atoms with Gasteiger partial charge in [-0.2, -0.15) is 20.2 Å². The Hall–Kier alpha value is -1.04. The fraction of sp³-hybridized carbons (Fsp3) is 0.0435. The molecule has 2 aliphatic heterocycles. The first-order valence-electron chi connectivity index (χ1n) is 10.9. The normalized spacial score (nSPS) is 17.1. The predicted octanol–water partition coefficient (Wildman–Crippen LogP) is -14.8. The number of carbonyl (C=O) groups excluding carboxylic acids is 4. The number of carbonyl (C=O) groups is 4. The Kier molecular flexibility index (Phi) is 17.0. The Labute approximate surface area is 344 Å². The second-order valence-corrected chi connectivity index (χ2v) is 10.9. The monoisotopic (exact) mass is 692 g/mol. The summed E-state index contributed by atoms with van der Waals surface area (Å²) in [6.07, 6.45) is 2.86. The minimum Gasteiger partial charge on any atom is -0.744 e. The SMILES string of the molecule is O=C([O-])C1=NN(c2ccc(S(=O)(=O)[O-])cc2)C(=O)/C1=C\C=C\C1C(=O)N(c2ccc(S(=O)(=O)[O-])cc2)N=C1C(=O)[O-].[Na+].[Na+].[Na+].[Na+]. The molecule has 1 atom stereocenters. The molecule has 22 heteroatoms. The van der Waals surface area contributed by atoms with Crippen LogP contribution in [0.1, 0.15) is 0 Å². The van der Waals surface area contributed by atoms with Gasteiger partial charge in [-0.3, -0.25) is 9.59 Å². The smallest absolute Gasteiger partial charge is 0.744 e.